The number of thiophene rings is 1. The van der Waals surface area contributed by atoms with Gasteiger partial charge in [-0.15, -0.1) is 11.3 Å². The Morgan fingerprint density at radius 3 is 2.60 bits per heavy atom. The standard InChI is InChI=1S/C19H23N3O2S/c1-21(19(24)17-10-7-13-25-17)14-18(23)20-15-8-3-4-9-16(15)22-11-5-2-6-12-22/h3-4,7-10,13H,2,5-6,11-12,14H2,1H3,(H,20,23). The fourth-order valence-electron chi connectivity index (χ4n) is 3.06. The highest BCUT2D eigenvalue weighted by molar-refractivity contribution is 7.12. The lowest BCUT2D eigenvalue weighted by atomic mass is 10.1. The summed E-state index contributed by atoms with van der Waals surface area (Å²) >= 11 is 1.38. The van der Waals surface area contributed by atoms with E-state index in [1.165, 1.54) is 35.5 Å². The molecule has 3 rings (SSSR count). The van der Waals surface area contributed by atoms with E-state index in [1.807, 2.05) is 35.7 Å². The lowest BCUT2D eigenvalue weighted by Crippen LogP contribution is -2.35. The van der Waals surface area contributed by atoms with Gasteiger partial charge in [-0.25, -0.2) is 0 Å². The summed E-state index contributed by atoms with van der Waals surface area (Å²) in [5, 5.41) is 4.82. The number of nitrogens with one attached hydrogen (secondary N) is 1. The van der Waals surface area contributed by atoms with E-state index in [4.69, 9.17) is 0 Å². The van der Waals surface area contributed by atoms with Gasteiger partial charge in [0.2, 0.25) is 5.91 Å². The first-order valence-corrected chi connectivity index (χ1v) is 9.46. The number of hydrogen-bond donors (Lipinski definition) is 1. The molecule has 2 heterocycles. The molecule has 1 aromatic heterocycles. The van der Waals surface area contributed by atoms with Gasteiger partial charge in [-0.1, -0.05) is 18.2 Å². The van der Waals surface area contributed by atoms with E-state index in [-0.39, 0.29) is 18.4 Å². The van der Waals surface area contributed by atoms with Gasteiger partial charge in [0.25, 0.3) is 5.91 Å². The molecule has 0 radical (unpaired) electrons. The zero-order valence-corrected chi connectivity index (χ0v) is 15.2. The van der Waals surface area contributed by atoms with Crippen LogP contribution in [0.2, 0.25) is 0 Å². The van der Waals surface area contributed by atoms with Gasteiger partial charge in [-0.05, 0) is 42.8 Å². The smallest absolute Gasteiger partial charge is 0.264 e. The summed E-state index contributed by atoms with van der Waals surface area (Å²) in [7, 11) is 1.65. The molecule has 1 fully saturated rings. The molecule has 1 saturated heterocycles. The average molecular weight is 357 g/mol. The zero-order valence-electron chi connectivity index (χ0n) is 14.4. The van der Waals surface area contributed by atoms with Crippen LogP contribution in [-0.4, -0.2) is 43.4 Å². The summed E-state index contributed by atoms with van der Waals surface area (Å²) < 4.78 is 0. The van der Waals surface area contributed by atoms with Crippen molar-refractivity contribution in [3.05, 3.63) is 46.7 Å². The van der Waals surface area contributed by atoms with Crippen LogP contribution in [-0.2, 0) is 4.79 Å². The number of likely N-dealkylation sites (N-methyl/N-ethyl adjacent to an activating group) is 1. The van der Waals surface area contributed by atoms with Gasteiger partial charge in [-0.2, -0.15) is 0 Å². The van der Waals surface area contributed by atoms with Crippen molar-refractivity contribution in [1.29, 1.82) is 0 Å². The maximum atomic E-state index is 12.4. The number of nitrogens with zero attached hydrogens (tertiary/aromatic N) is 2. The first-order chi connectivity index (χ1) is 12.1. The first kappa shape index (κ1) is 17.5. The molecule has 0 aliphatic carbocycles. The molecule has 1 N–H and O–H groups in total. The van der Waals surface area contributed by atoms with Gasteiger partial charge in [0, 0.05) is 20.1 Å². The monoisotopic (exact) mass is 357 g/mol. The molecular formula is C19H23N3O2S. The summed E-state index contributed by atoms with van der Waals surface area (Å²) in [5.74, 6) is -0.314. The molecule has 0 unspecified atom stereocenters. The van der Waals surface area contributed by atoms with Crippen molar-refractivity contribution in [3.63, 3.8) is 0 Å². The van der Waals surface area contributed by atoms with Crippen LogP contribution in [0.5, 0.6) is 0 Å². The number of benzene rings is 1. The van der Waals surface area contributed by atoms with Crippen molar-refractivity contribution in [1.82, 2.24) is 4.90 Å². The minimum Gasteiger partial charge on any atom is -0.370 e. The van der Waals surface area contributed by atoms with Crippen LogP contribution in [0.25, 0.3) is 0 Å². The average Bonchev–Trinajstić information content (AvgIpc) is 3.16. The van der Waals surface area contributed by atoms with Crippen LogP contribution in [0.3, 0.4) is 0 Å². The lowest BCUT2D eigenvalue weighted by Gasteiger charge is -2.30. The van der Waals surface area contributed by atoms with Crippen LogP contribution in [0.4, 0.5) is 11.4 Å². The molecule has 0 bridgehead atoms. The molecule has 0 atom stereocenters. The second-order valence-electron chi connectivity index (χ2n) is 6.25. The molecule has 25 heavy (non-hydrogen) atoms. The van der Waals surface area contributed by atoms with Gasteiger partial charge in [0.1, 0.15) is 0 Å². The van der Waals surface area contributed by atoms with Crippen LogP contribution in [0.1, 0.15) is 28.9 Å². The Morgan fingerprint density at radius 2 is 1.88 bits per heavy atom. The Bertz CT molecular complexity index is 724. The Hall–Kier alpha value is -2.34. The fourth-order valence-corrected chi connectivity index (χ4v) is 3.77. The highest BCUT2D eigenvalue weighted by atomic mass is 32.1. The highest BCUT2D eigenvalue weighted by Gasteiger charge is 2.18. The summed E-state index contributed by atoms with van der Waals surface area (Å²) in [6, 6.07) is 11.5. The van der Waals surface area contributed by atoms with Gasteiger partial charge in [0.15, 0.2) is 0 Å². The molecule has 0 saturated carbocycles. The third-order valence-electron chi connectivity index (χ3n) is 4.33. The molecule has 1 aromatic carbocycles. The number of hydrogen-bond acceptors (Lipinski definition) is 4. The molecule has 1 aliphatic heterocycles. The number of amides is 2. The maximum absolute atomic E-state index is 12.4. The van der Waals surface area contributed by atoms with Gasteiger partial charge in [-0.3, -0.25) is 9.59 Å². The van der Waals surface area contributed by atoms with E-state index in [0.29, 0.717) is 4.88 Å². The van der Waals surface area contributed by atoms with E-state index in [0.717, 1.165) is 24.5 Å². The van der Waals surface area contributed by atoms with Crippen LogP contribution in [0.15, 0.2) is 41.8 Å². The predicted molar refractivity (Wildman–Crippen MR) is 102 cm³/mol. The predicted octanol–water partition coefficient (Wildman–Crippen LogP) is 3.45. The van der Waals surface area contributed by atoms with Gasteiger partial charge in [0.05, 0.1) is 22.8 Å². The second-order valence-corrected chi connectivity index (χ2v) is 7.20. The second kappa shape index (κ2) is 8.16. The van der Waals surface area contributed by atoms with Crippen molar-refractivity contribution < 1.29 is 9.59 Å². The summed E-state index contributed by atoms with van der Waals surface area (Å²) in [5.41, 5.74) is 1.87. The molecule has 2 aromatic rings. The highest BCUT2D eigenvalue weighted by Crippen LogP contribution is 2.28. The van der Waals surface area contributed by atoms with E-state index < -0.39 is 0 Å². The molecule has 6 heteroatoms. The van der Waals surface area contributed by atoms with Crippen molar-refractivity contribution >= 4 is 34.5 Å². The summed E-state index contributed by atoms with van der Waals surface area (Å²) in [6.07, 6.45) is 3.63. The number of piperidine rings is 1. The lowest BCUT2D eigenvalue weighted by molar-refractivity contribution is -0.116. The van der Waals surface area contributed by atoms with Gasteiger partial charge >= 0.3 is 0 Å². The number of carbonyl (C=O) groups excluding carboxylic acids is 2. The molecule has 0 spiro atoms. The van der Waals surface area contributed by atoms with Crippen molar-refractivity contribution in [2.75, 3.05) is 36.9 Å². The SMILES string of the molecule is CN(CC(=O)Nc1ccccc1N1CCCCC1)C(=O)c1cccs1. The van der Waals surface area contributed by atoms with Crippen molar-refractivity contribution in [2.45, 2.75) is 19.3 Å². The Kier molecular flexibility index (Phi) is 5.71. The Morgan fingerprint density at radius 1 is 1.12 bits per heavy atom. The quantitative estimate of drug-likeness (QED) is 0.892. The van der Waals surface area contributed by atoms with E-state index >= 15 is 0 Å². The van der Waals surface area contributed by atoms with Crippen LogP contribution < -0.4 is 10.2 Å². The summed E-state index contributed by atoms with van der Waals surface area (Å²) in [6.45, 7) is 2.07. The zero-order chi connectivity index (χ0) is 17.6. The van der Waals surface area contributed by atoms with E-state index in [1.54, 1.807) is 13.1 Å². The minimum absolute atomic E-state index is 0.0328. The largest absolute Gasteiger partial charge is 0.370 e. The van der Waals surface area contributed by atoms with Gasteiger partial charge < -0.3 is 15.1 Å². The third kappa shape index (κ3) is 4.39. The molecule has 1 aliphatic rings. The number of rotatable bonds is 5. The number of para-hydroxylation sites is 2. The summed E-state index contributed by atoms with van der Waals surface area (Å²) in [4.78, 5) is 29.1. The normalized spacial score (nSPS) is 14.2. The van der Waals surface area contributed by atoms with Crippen molar-refractivity contribution in [2.24, 2.45) is 0 Å². The maximum Gasteiger partial charge on any atom is 0.264 e. The van der Waals surface area contributed by atoms with Crippen molar-refractivity contribution in [3.8, 4) is 0 Å². The Balaban J connectivity index is 1.64. The third-order valence-corrected chi connectivity index (χ3v) is 5.19. The number of anilines is 2. The molecule has 5 nitrogen and oxygen atoms in total. The molecule has 132 valence electrons. The van der Waals surface area contributed by atoms with Crippen LogP contribution in [0, 0.1) is 0 Å². The van der Waals surface area contributed by atoms with Crippen LogP contribution >= 0.6 is 11.3 Å². The number of carbonyl (C=O) groups is 2. The molecular weight excluding hydrogens is 334 g/mol. The fraction of sp³-hybridized carbons (Fsp3) is 0.368. The van der Waals surface area contributed by atoms with E-state index in [2.05, 4.69) is 10.2 Å². The Labute approximate surface area is 152 Å². The topological polar surface area (TPSA) is 52.7 Å². The minimum atomic E-state index is -0.183. The van der Waals surface area contributed by atoms with E-state index in [9.17, 15) is 9.59 Å². The molecule has 2 amide bonds. The first-order valence-electron chi connectivity index (χ1n) is 8.58.